The molecule has 0 bridgehead atoms. The third-order valence-electron chi connectivity index (χ3n) is 4.58. The Morgan fingerprint density at radius 2 is 1.67 bits per heavy atom. The average molecular weight is 441 g/mol. The van der Waals surface area contributed by atoms with Crippen molar-refractivity contribution in [1.29, 1.82) is 0 Å². The van der Waals surface area contributed by atoms with Crippen molar-refractivity contribution in [1.82, 2.24) is 5.43 Å². The number of benzene rings is 3. The Morgan fingerprint density at radius 3 is 2.40 bits per heavy atom. The number of hydrogen-bond donors (Lipinski definition) is 2. The highest BCUT2D eigenvalue weighted by Gasteiger charge is 2.14. The van der Waals surface area contributed by atoms with E-state index >= 15 is 0 Å². The molecule has 150 valence electrons. The van der Waals surface area contributed by atoms with Crippen molar-refractivity contribution in [3.63, 3.8) is 0 Å². The summed E-state index contributed by atoms with van der Waals surface area (Å²) in [6, 6.07) is 15.0. The zero-order valence-corrected chi connectivity index (χ0v) is 17.1. The molecule has 6 nitrogen and oxygen atoms in total. The van der Waals surface area contributed by atoms with Gasteiger partial charge in [0.2, 0.25) is 0 Å². The topological polar surface area (TPSA) is 91.9 Å². The Balaban J connectivity index is 1.66. The first kappa shape index (κ1) is 19.9. The molecule has 0 saturated heterocycles. The molecule has 0 aliphatic carbocycles. The van der Waals surface area contributed by atoms with Gasteiger partial charge in [-0.05, 0) is 48.0 Å². The van der Waals surface area contributed by atoms with Crippen LogP contribution in [0.25, 0.3) is 21.7 Å². The Bertz CT molecular complexity index is 1410. The van der Waals surface area contributed by atoms with Gasteiger partial charge in [-0.25, -0.2) is 10.2 Å². The zero-order valence-electron chi connectivity index (χ0n) is 15.6. The maximum absolute atomic E-state index is 12.5. The molecule has 0 spiro atoms. The summed E-state index contributed by atoms with van der Waals surface area (Å²) in [5.74, 6) is -0.789. The summed E-state index contributed by atoms with van der Waals surface area (Å²) in [7, 11) is 0. The van der Waals surface area contributed by atoms with Gasteiger partial charge in [0, 0.05) is 10.4 Å². The van der Waals surface area contributed by atoms with Crippen molar-refractivity contribution in [3.05, 3.63) is 86.2 Å². The van der Waals surface area contributed by atoms with Gasteiger partial charge in [-0.3, -0.25) is 4.79 Å². The number of phenols is 1. The van der Waals surface area contributed by atoms with Crippen LogP contribution in [0.4, 0.5) is 0 Å². The molecule has 2 N–H and O–H groups in total. The Kier molecular flexibility index (Phi) is 5.20. The summed E-state index contributed by atoms with van der Waals surface area (Å²) in [6.07, 6.45) is 0. The van der Waals surface area contributed by atoms with Gasteiger partial charge in [-0.1, -0.05) is 47.5 Å². The molecule has 30 heavy (non-hydrogen) atoms. The lowest BCUT2D eigenvalue weighted by atomic mass is 10.1. The van der Waals surface area contributed by atoms with E-state index in [1.54, 1.807) is 19.1 Å². The summed E-state index contributed by atoms with van der Waals surface area (Å²) in [4.78, 5) is 24.9. The van der Waals surface area contributed by atoms with Crippen LogP contribution < -0.4 is 11.1 Å². The summed E-state index contributed by atoms with van der Waals surface area (Å²) in [5.41, 5.74) is 2.34. The largest absolute Gasteiger partial charge is 0.507 e. The van der Waals surface area contributed by atoms with E-state index in [2.05, 4.69) is 10.5 Å². The smallest absolute Gasteiger partial charge is 0.345 e. The number of halogens is 2. The number of nitrogens with one attached hydrogen (secondary N) is 1. The second kappa shape index (κ2) is 7.82. The predicted molar refractivity (Wildman–Crippen MR) is 118 cm³/mol. The second-order valence-electron chi connectivity index (χ2n) is 6.61. The summed E-state index contributed by atoms with van der Waals surface area (Å²) < 4.78 is 5.28. The lowest BCUT2D eigenvalue weighted by Gasteiger charge is -2.07. The average Bonchev–Trinajstić information content (AvgIpc) is 2.71. The van der Waals surface area contributed by atoms with Crippen LogP contribution in [-0.4, -0.2) is 16.7 Å². The number of hydrogen-bond acceptors (Lipinski definition) is 5. The molecule has 1 heterocycles. The van der Waals surface area contributed by atoms with Gasteiger partial charge in [0.05, 0.1) is 21.9 Å². The third kappa shape index (κ3) is 3.75. The highest BCUT2D eigenvalue weighted by molar-refractivity contribution is 6.38. The fourth-order valence-corrected chi connectivity index (χ4v) is 3.62. The Hall–Kier alpha value is -3.35. The highest BCUT2D eigenvalue weighted by atomic mass is 35.5. The molecule has 1 aromatic heterocycles. The van der Waals surface area contributed by atoms with Gasteiger partial charge in [-0.2, -0.15) is 5.10 Å². The van der Waals surface area contributed by atoms with Gasteiger partial charge in [0.15, 0.2) is 5.58 Å². The number of hydrazone groups is 1. The maximum Gasteiger partial charge on any atom is 0.345 e. The monoisotopic (exact) mass is 440 g/mol. The number of amides is 1. The normalized spacial score (nSPS) is 11.8. The quantitative estimate of drug-likeness (QED) is 0.263. The van der Waals surface area contributed by atoms with E-state index < -0.39 is 11.5 Å². The lowest BCUT2D eigenvalue weighted by molar-refractivity contribution is 0.0952. The molecular formula is C22H14Cl2N2O4. The van der Waals surface area contributed by atoms with Gasteiger partial charge < -0.3 is 9.52 Å². The maximum atomic E-state index is 12.5. The van der Waals surface area contributed by atoms with E-state index in [-0.39, 0.29) is 33.2 Å². The van der Waals surface area contributed by atoms with Crippen LogP contribution in [0.2, 0.25) is 10.0 Å². The fraction of sp³-hybridized carbons (Fsp3) is 0.0455. The molecule has 1 amide bonds. The molecule has 0 aliphatic rings. The van der Waals surface area contributed by atoms with Crippen molar-refractivity contribution in [2.45, 2.75) is 6.92 Å². The number of nitrogens with zero attached hydrogens (tertiary/aromatic N) is 1. The van der Waals surface area contributed by atoms with Crippen molar-refractivity contribution < 1.29 is 14.3 Å². The van der Waals surface area contributed by atoms with Crippen LogP contribution in [0, 0.1) is 0 Å². The van der Waals surface area contributed by atoms with E-state index in [1.165, 1.54) is 18.2 Å². The third-order valence-corrected chi connectivity index (χ3v) is 5.07. The first-order valence-corrected chi connectivity index (χ1v) is 9.59. The number of rotatable bonds is 3. The first-order valence-electron chi connectivity index (χ1n) is 8.83. The number of aromatic hydroxyl groups is 1. The number of carbonyl (C=O) groups is 1. The second-order valence-corrected chi connectivity index (χ2v) is 7.45. The van der Waals surface area contributed by atoms with Crippen LogP contribution in [0.5, 0.6) is 5.75 Å². The molecule has 4 aromatic rings. The van der Waals surface area contributed by atoms with Crippen molar-refractivity contribution in [2.24, 2.45) is 5.10 Å². The Labute approximate surface area is 180 Å². The van der Waals surface area contributed by atoms with Crippen molar-refractivity contribution in [2.75, 3.05) is 0 Å². The van der Waals surface area contributed by atoms with E-state index in [9.17, 15) is 14.7 Å². The minimum absolute atomic E-state index is 0.0642. The predicted octanol–water partition coefficient (Wildman–Crippen LogP) is 5.11. The lowest BCUT2D eigenvalue weighted by Crippen LogP contribution is -2.21. The van der Waals surface area contributed by atoms with E-state index in [0.717, 1.165) is 10.8 Å². The van der Waals surface area contributed by atoms with E-state index in [0.29, 0.717) is 10.4 Å². The van der Waals surface area contributed by atoms with E-state index in [4.69, 9.17) is 27.6 Å². The van der Waals surface area contributed by atoms with Crippen LogP contribution in [0.15, 0.2) is 68.9 Å². The van der Waals surface area contributed by atoms with Gasteiger partial charge >= 0.3 is 5.63 Å². The van der Waals surface area contributed by atoms with E-state index in [1.807, 2.05) is 24.3 Å². The molecule has 0 fully saturated rings. The molecule has 3 aromatic carbocycles. The summed E-state index contributed by atoms with van der Waals surface area (Å²) in [5, 5.41) is 16.9. The fourth-order valence-electron chi connectivity index (χ4n) is 3.07. The highest BCUT2D eigenvalue weighted by Crippen LogP contribution is 2.28. The number of carbonyl (C=O) groups excluding carboxylic acids is 1. The summed E-state index contributed by atoms with van der Waals surface area (Å²) >= 11 is 12.1. The van der Waals surface area contributed by atoms with Crippen molar-refractivity contribution >= 4 is 56.6 Å². The molecular weight excluding hydrogens is 427 g/mol. The molecule has 0 saturated carbocycles. The van der Waals surface area contributed by atoms with Crippen LogP contribution in [0.3, 0.4) is 0 Å². The van der Waals surface area contributed by atoms with Crippen LogP contribution in [-0.2, 0) is 0 Å². The number of phenolic OH excluding ortho intramolecular Hbond substituents is 1. The minimum atomic E-state index is -0.657. The first-order chi connectivity index (χ1) is 14.3. The minimum Gasteiger partial charge on any atom is -0.507 e. The van der Waals surface area contributed by atoms with Gasteiger partial charge in [-0.15, -0.1) is 0 Å². The molecule has 0 unspecified atom stereocenters. The SMILES string of the molecule is CC(=NNC(=O)c1cc2ccccc2cc1O)c1cc2cc(Cl)cc(Cl)c2oc1=O. The standard InChI is InChI=1S/C22H14Cl2N2O4/c1-11(16-8-14-6-15(23)10-18(24)20(14)30-22(16)29)25-26-21(28)17-7-12-4-2-3-5-13(12)9-19(17)27/h2-10,27H,1H3,(H,26,28). The van der Waals surface area contributed by atoms with Gasteiger partial charge in [0.25, 0.3) is 5.91 Å². The molecule has 0 atom stereocenters. The molecule has 0 radical (unpaired) electrons. The number of fused-ring (bicyclic) bond motifs is 2. The molecule has 8 heteroatoms. The van der Waals surface area contributed by atoms with Crippen LogP contribution >= 0.6 is 23.2 Å². The zero-order chi connectivity index (χ0) is 21.4. The summed E-state index contributed by atoms with van der Waals surface area (Å²) in [6.45, 7) is 1.55. The Morgan fingerprint density at radius 1 is 1.00 bits per heavy atom. The molecule has 4 rings (SSSR count). The molecule has 0 aliphatic heterocycles. The van der Waals surface area contributed by atoms with Gasteiger partial charge in [0.1, 0.15) is 5.75 Å². The van der Waals surface area contributed by atoms with Crippen molar-refractivity contribution in [3.8, 4) is 5.75 Å². The van der Waals surface area contributed by atoms with Crippen LogP contribution in [0.1, 0.15) is 22.8 Å².